The SMILES string of the molecule is Cc1cc(-c2ccc(C(C)(F)F)cc2)nc([C@@H]2CC[C@@]3(CCN(C)C3=O)N2)n1. The number of carbonyl (C=O) groups is 1. The van der Waals surface area contributed by atoms with Crippen LogP contribution in [0.25, 0.3) is 11.3 Å². The Morgan fingerprint density at radius 1 is 1.21 bits per heavy atom. The molecule has 0 bridgehead atoms. The van der Waals surface area contributed by atoms with Crippen LogP contribution < -0.4 is 5.32 Å². The second-order valence-electron chi connectivity index (χ2n) is 8.01. The molecule has 1 aromatic carbocycles. The van der Waals surface area contributed by atoms with Crippen LogP contribution in [0.1, 0.15) is 49.3 Å². The summed E-state index contributed by atoms with van der Waals surface area (Å²) in [5.74, 6) is -2.08. The molecule has 7 heteroatoms. The Labute approximate surface area is 163 Å². The van der Waals surface area contributed by atoms with Crippen molar-refractivity contribution in [2.24, 2.45) is 0 Å². The molecule has 1 aromatic heterocycles. The van der Waals surface area contributed by atoms with Crippen LogP contribution in [-0.2, 0) is 10.7 Å². The fourth-order valence-electron chi connectivity index (χ4n) is 4.19. The van der Waals surface area contributed by atoms with Crippen molar-refractivity contribution in [3.63, 3.8) is 0 Å². The predicted molar refractivity (Wildman–Crippen MR) is 102 cm³/mol. The average Bonchev–Trinajstić information content (AvgIpc) is 3.21. The molecular formula is C21H24F2N4O. The van der Waals surface area contributed by atoms with Gasteiger partial charge in [0.1, 0.15) is 11.4 Å². The molecule has 2 fully saturated rings. The number of alkyl halides is 2. The van der Waals surface area contributed by atoms with Gasteiger partial charge in [0.05, 0.1) is 11.7 Å². The molecule has 1 amide bonds. The minimum atomic E-state index is -2.87. The summed E-state index contributed by atoms with van der Waals surface area (Å²) in [4.78, 5) is 23.6. The third-order valence-electron chi connectivity index (χ3n) is 5.81. The predicted octanol–water partition coefficient (Wildman–Crippen LogP) is 3.59. The maximum Gasteiger partial charge on any atom is 0.270 e. The van der Waals surface area contributed by atoms with Crippen LogP contribution in [0.15, 0.2) is 30.3 Å². The Morgan fingerprint density at radius 2 is 1.93 bits per heavy atom. The lowest BCUT2D eigenvalue weighted by molar-refractivity contribution is -0.131. The summed E-state index contributed by atoms with van der Waals surface area (Å²) < 4.78 is 26.9. The number of nitrogens with zero attached hydrogens (tertiary/aromatic N) is 3. The van der Waals surface area contributed by atoms with Crippen molar-refractivity contribution in [2.45, 2.75) is 50.6 Å². The fourth-order valence-corrected chi connectivity index (χ4v) is 4.19. The molecule has 2 aliphatic heterocycles. The number of nitrogens with one attached hydrogen (secondary N) is 1. The van der Waals surface area contributed by atoms with Gasteiger partial charge in [-0.05, 0) is 32.3 Å². The quantitative estimate of drug-likeness (QED) is 0.876. The van der Waals surface area contributed by atoms with E-state index in [0.29, 0.717) is 11.5 Å². The molecule has 3 heterocycles. The van der Waals surface area contributed by atoms with E-state index in [0.717, 1.165) is 44.0 Å². The number of hydrogen-bond donors (Lipinski definition) is 1. The van der Waals surface area contributed by atoms with Crippen LogP contribution in [0.2, 0.25) is 0 Å². The summed E-state index contributed by atoms with van der Waals surface area (Å²) in [6.45, 7) is 3.54. The number of benzene rings is 1. The van der Waals surface area contributed by atoms with Crippen LogP contribution in [0.3, 0.4) is 0 Å². The van der Waals surface area contributed by atoms with Crippen molar-refractivity contribution in [2.75, 3.05) is 13.6 Å². The van der Waals surface area contributed by atoms with Gasteiger partial charge in [-0.15, -0.1) is 0 Å². The number of hydrogen-bond acceptors (Lipinski definition) is 4. The zero-order valence-corrected chi connectivity index (χ0v) is 16.3. The van der Waals surface area contributed by atoms with Gasteiger partial charge in [-0.2, -0.15) is 0 Å². The van der Waals surface area contributed by atoms with E-state index in [-0.39, 0.29) is 17.5 Å². The van der Waals surface area contributed by atoms with Crippen molar-refractivity contribution >= 4 is 5.91 Å². The number of amides is 1. The molecule has 1 N–H and O–H groups in total. The van der Waals surface area contributed by atoms with Gasteiger partial charge in [0, 0.05) is 37.3 Å². The van der Waals surface area contributed by atoms with Crippen molar-refractivity contribution in [1.82, 2.24) is 20.2 Å². The molecule has 2 atom stereocenters. The van der Waals surface area contributed by atoms with Gasteiger partial charge in [0.15, 0.2) is 0 Å². The molecule has 0 aliphatic carbocycles. The Kier molecular flexibility index (Phi) is 4.45. The highest BCUT2D eigenvalue weighted by molar-refractivity contribution is 5.88. The van der Waals surface area contributed by atoms with Gasteiger partial charge in [-0.25, -0.2) is 18.7 Å². The minimum absolute atomic E-state index is 0.0227. The summed E-state index contributed by atoms with van der Waals surface area (Å²) in [6.07, 6.45) is 2.36. The van der Waals surface area contributed by atoms with Crippen molar-refractivity contribution in [3.8, 4) is 11.3 Å². The van der Waals surface area contributed by atoms with Gasteiger partial charge in [0.25, 0.3) is 5.92 Å². The first-order valence-electron chi connectivity index (χ1n) is 9.55. The molecule has 2 saturated heterocycles. The molecule has 0 saturated carbocycles. The number of halogens is 2. The molecule has 5 nitrogen and oxygen atoms in total. The highest BCUT2D eigenvalue weighted by atomic mass is 19.3. The maximum atomic E-state index is 13.5. The number of carbonyl (C=O) groups excluding carboxylic acids is 1. The molecule has 2 aliphatic rings. The topological polar surface area (TPSA) is 58.1 Å². The van der Waals surface area contributed by atoms with Gasteiger partial charge < -0.3 is 4.90 Å². The standard InChI is InChI=1S/C21H24F2N4O/c1-13-12-17(14-4-6-15(7-5-14)20(2,22)23)25-18(24-13)16-8-9-21(26-16)10-11-27(3)19(21)28/h4-7,12,16,26H,8-11H2,1-3H3/t16-,21-/m0/s1. The van der Waals surface area contributed by atoms with Crippen LogP contribution >= 0.6 is 0 Å². The van der Waals surface area contributed by atoms with Crippen LogP contribution in [-0.4, -0.2) is 39.9 Å². The van der Waals surface area contributed by atoms with Crippen LogP contribution in [0.4, 0.5) is 8.78 Å². The molecule has 2 aromatic rings. The molecule has 28 heavy (non-hydrogen) atoms. The van der Waals surface area contributed by atoms with Crippen LogP contribution in [0, 0.1) is 6.92 Å². The first kappa shape index (κ1) is 18.9. The molecule has 148 valence electrons. The molecule has 4 rings (SSSR count). The largest absolute Gasteiger partial charge is 0.344 e. The molecule has 0 radical (unpaired) electrons. The fraction of sp³-hybridized carbons (Fsp3) is 0.476. The third-order valence-corrected chi connectivity index (χ3v) is 5.81. The van der Waals surface area contributed by atoms with Crippen molar-refractivity contribution in [3.05, 3.63) is 47.4 Å². The summed E-state index contributed by atoms with van der Waals surface area (Å²) in [7, 11) is 1.83. The van der Waals surface area contributed by atoms with Gasteiger partial charge in [-0.3, -0.25) is 10.1 Å². The number of rotatable bonds is 3. The molecule has 1 spiro atoms. The zero-order valence-electron chi connectivity index (χ0n) is 16.3. The van der Waals surface area contributed by atoms with E-state index < -0.39 is 11.5 Å². The smallest absolute Gasteiger partial charge is 0.270 e. The van der Waals surface area contributed by atoms with Gasteiger partial charge in [-0.1, -0.05) is 24.3 Å². The minimum Gasteiger partial charge on any atom is -0.344 e. The van der Waals surface area contributed by atoms with Crippen molar-refractivity contribution in [1.29, 1.82) is 0 Å². The summed E-state index contributed by atoms with van der Waals surface area (Å²) >= 11 is 0. The number of aryl methyl sites for hydroxylation is 1. The zero-order chi connectivity index (χ0) is 20.1. The maximum absolute atomic E-state index is 13.5. The van der Waals surface area contributed by atoms with E-state index in [1.165, 1.54) is 12.1 Å². The Morgan fingerprint density at radius 3 is 2.54 bits per heavy atom. The number of aromatic nitrogens is 2. The lowest BCUT2D eigenvalue weighted by atomic mass is 9.96. The summed E-state index contributed by atoms with van der Waals surface area (Å²) in [6, 6.07) is 7.95. The van der Waals surface area contributed by atoms with E-state index in [9.17, 15) is 13.6 Å². The Bertz CT molecular complexity index is 910. The highest BCUT2D eigenvalue weighted by Crippen LogP contribution is 2.38. The van der Waals surface area contributed by atoms with E-state index in [1.54, 1.807) is 17.0 Å². The normalized spacial score (nSPS) is 25.1. The Hall–Kier alpha value is -2.41. The number of likely N-dealkylation sites (tertiary alicyclic amines) is 1. The third kappa shape index (κ3) is 3.28. The van der Waals surface area contributed by atoms with Crippen molar-refractivity contribution < 1.29 is 13.6 Å². The lowest BCUT2D eigenvalue weighted by Gasteiger charge is -2.23. The van der Waals surface area contributed by atoms with Crippen LogP contribution in [0.5, 0.6) is 0 Å². The van der Waals surface area contributed by atoms with Gasteiger partial charge in [0.2, 0.25) is 5.91 Å². The van der Waals surface area contributed by atoms with Gasteiger partial charge >= 0.3 is 0 Å². The Balaban J connectivity index is 1.61. The number of likely N-dealkylation sites (N-methyl/N-ethyl adjacent to an activating group) is 1. The lowest BCUT2D eigenvalue weighted by Crippen LogP contribution is -2.47. The highest BCUT2D eigenvalue weighted by Gasteiger charge is 2.50. The first-order valence-corrected chi connectivity index (χ1v) is 9.55. The van der Waals surface area contributed by atoms with E-state index in [1.807, 2.05) is 20.0 Å². The summed E-state index contributed by atoms with van der Waals surface area (Å²) in [5.41, 5.74) is 1.75. The average molecular weight is 386 g/mol. The van der Waals surface area contributed by atoms with E-state index >= 15 is 0 Å². The summed E-state index contributed by atoms with van der Waals surface area (Å²) in [5, 5.41) is 3.48. The van der Waals surface area contributed by atoms with E-state index in [4.69, 9.17) is 4.98 Å². The second-order valence-corrected chi connectivity index (χ2v) is 8.01. The monoisotopic (exact) mass is 386 g/mol. The molecular weight excluding hydrogens is 362 g/mol. The first-order chi connectivity index (χ1) is 13.2. The second kappa shape index (κ2) is 6.58. The molecule has 0 unspecified atom stereocenters. The van der Waals surface area contributed by atoms with E-state index in [2.05, 4.69) is 10.3 Å².